The number of benzene rings is 3. The van der Waals surface area contributed by atoms with Crippen molar-refractivity contribution >= 4 is 23.4 Å². The normalized spacial score (nSPS) is 13.0. The molecule has 8 heteroatoms. The molecule has 1 fully saturated rings. The Kier molecular flexibility index (Phi) is 6.57. The van der Waals surface area contributed by atoms with Gasteiger partial charge in [0.25, 0.3) is 0 Å². The maximum absolute atomic E-state index is 12.4. The molecule has 0 spiro atoms. The highest BCUT2D eigenvalue weighted by atomic mass is 16.6. The first-order valence-corrected chi connectivity index (χ1v) is 11.5. The molecule has 0 unspecified atom stereocenters. The minimum absolute atomic E-state index is 0.273. The van der Waals surface area contributed by atoms with E-state index < -0.39 is 12.1 Å². The van der Waals surface area contributed by atoms with Crippen LogP contribution in [0.25, 0.3) is 5.69 Å². The van der Waals surface area contributed by atoms with E-state index in [1.165, 1.54) is 7.11 Å². The van der Waals surface area contributed by atoms with Gasteiger partial charge in [0, 0.05) is 18.1 Å². The van der Waals surface area contributed by atoms with Gasteiger partial charge in [-0.05, 0) is 60.7 Å². The summed E-state index contributed by atoms with van der Waals surface area (Å²) >= 11 is 0. The number of aromatic nitrogens is 1. The zero-order chi connectivity index (χ0) is 24.9. The molecule has 0 saturated carbocycles. The van der Waals surface area contributed by atoms with Crippen LogP contribution < -0.4 is 15.0 Å². The maximum Gasteiger partial charge on any atom is 0.412 e. The fourth-order valence-electron chi connectivity index (χ4n) is 4.06. The van der Waals surface area contributed by atoms with Gasteiger partial charge >= 0.3 is 12.1 Å². The summed E-state index contributed by atoms with van der Waals surface area (Å²) in [7, 11) is 1.37. The molecule has 2 heterocycles. The average molecular weight is 484 g/mol. The van der Waals surface area contributed by atoms with E-state index in [0.717, 1.165) is 17.1 Å². The summed E-state index contributed by atoms with van der Waals surface area (Å²) in [6.07, 6.45) is 2.96. The Bertz CT molecular complexity index is 1330. The molecule has 8 nitrogen and oxygen atoms in total. The van der Waals surface area contributed by atoms with E-state index in [-0.39, 0.29) is 6.10 Å². The van der Waals surface area contributed by atoms with Crippen LogP contribution in [0.3, 0.4) is 0 Å². The van der Waals surface area contributed by atoms with Gasteiger partial charge in [0.05, 0.1) is 37.1 Å². The van der Waals surface area contributed by atoms with Crippen molar-refractivity contribution in [3.8, 4) is 17.2 Å². The van der Waals surface area contributed by atoms with Crippen molar-refractivity contribution in [2.45, 2.75) is 6.10 Å². The monoisotopic (exact) mass is 483 g/mol. The van der Waals surface area contributed by atoms with Gasteiger partial charge in [-0.25, -0.2) is 9.59 Å². The van der Waals surface area contributed by atoms with E-state index in [0.29, 0.717) is 30.1 Å². The third-order valence-corrected chi connectivity index (χ3v) is 5.82. The predicted octanol–water partition coefficient (Wildman–Crippen LogP) is 5.49. The van der Waals surface area contributed by atoms with Gasteiger partial charge in [-0.1, -0.05) is 24.3 Å². The van der Waals surface area contributed by atoms with Crippen molar-refractivity contribution in [2.75, 3.05) is 30.4 Å². The summed E-state index contributed by atoms with van der Waals surface area (Å²) < 4.78 is 18.2. The minimum Gasteiger partial charge on any atom is -0.465 e. The largest absolute Gasteiger partial charge is 0.465 e. The number of para-hydroxylation sites is 2. The second-order valence-corrected chi connectivity index (χ2v) is 8.25. The summed E-state index contributed by atoms with van der Waals surface area (Å²) in [4.78, 5) is 26.9. The van der Waals surface area contributed by atoms with E-state index in [2.05, 4.69) is 10.2 Å². The Morgan fingerprint density at radius 1 is 0.833 bits per heavy atom. The number of nitrogens with zero attached hydrogens (tertiary/aromatic N) is 2. The van der Waals surface area contributed by atoms with Gasteiger partial charge in [-0.3, -0.25) is 5.32 Å². The summed E-state index contributed by atoms with van der Waals surface area (Å²) in [6, 6.07) is 25.8. The summed E-state index contributed by atoms with van der Waals surface area (Å²) in [6.45, 7) is 1.02. The van der Waals surface area contributed by atoms with Crippen LogP contribution in [0.5, 0.6) is 11.5 Å². The van der Waals surface area contributed by atoms with Gasteiger partial charge in [0.15, 0.2) is 0 Å². The molecule has 1 aliphatic heterocycles. The number of nitrogens with one attached hydrogen (secondary N) is 1. The smallest absolute Gasteiger partial charge is 0.412 e. The molecule has 0 atom stereocenters. The number of hydrogen-bond acceptors (Lipinski definition) is 6. The van der Waals surface area contributed by atoms with Gasteiger partial charge in [0.2, 0.25) is 0 Å². The first-order chi connectivity index (χ1) is 17.6. The zero-order valence-corrected chi connectivity index (χ0v) is 19.7. The lowest BCUT2D eigenvalue weighted by atomic mass is 10.1. The first-order valence-electron chi connectivity index (χ1n) is 11.5. The Labute approximate surface area is 208 Å². The lowest BCUT2D eigenvalue weighted by molar-refractivity contribution is 0.0600. The van der Waals surface area contributed by atoms with Gasteiger partial charge in [-0.15, -0.1) is 0 Å². The lowest BCUT2D eigenvalue weighted by Gasteiger charge is -2.41. The number of ether oxygens (including phenoxy) is 3. The fraction of sp³-hybridized carbons (Fsp3) is 0.143. The molecule has 36 heavy (non-hydrogen) atoms. The molecule has 1 aliphatic rings. The topological polar surface area (TPSA) is 82.0 Å². The molecule has 0 radical (unpaired) electrons. The average Bonchev–Trinajstić information content (AvgIpc) is 3.41. The van der Waals surface area contributed by atoms with E-state index in [1.54, 1.807) is 30.3 Å². The van der Waals surface area contributed by atoms with Crippen LogP contribution in [0.15, 0.2) is 97.3 Å². The van der Waals surface area contributed by atoms with Crippen LogP contribution in [0.2, 0.25) is 0 Å². The quantitative estimate of drug-likeness (QED) is 0.350. The summed E-state index contributed by atoms with van der Waals surface area (Å²) in [5.41, 5.74) is 2.67. The van der Waals surface area contributed by atoms with E-state index in [4.69, 9.17) is 14.2 Å². The number of carbonyl (C=O) groups is 2. The molecule has 1 saturated heterocycles. The van der Waals surface area contributed by atoms with E-state index in [1.807, 2.05) is 71.6 Å². The van der Waals surface area contributed by atoms with Crippen molar-refractivity contribution in [3.05, 3.63) is 103 Å². The number of carbonyl (C=O) groups excluding carboxylic acids is 2. The highest BCUT2D eigenvalue weighted by Crippen LogP contribution is 2.32. The molecule has 0 bridgehead atoms. The second-order valence-electron chi connectivity index (χ2n) is 8.25. The molecule has 1 N–H and O–H groups in total. The van der Waals surface area contributed by atoms with Crippen LogP contribution in [-0.2, 0) is 9.47 Å². The highest BCUT2D eigenvalue weighted by Gasteiger charge is 2.33. The van der Waals surface area contributed by atoms with Crippen LogP contribution in [0.4, 0.5) is 16.2 Å². The predicted molar refractivity (Wildman–Crippen MR) is 136 cm³/mol. The third kappa shape index (κ3) is 5.02. The standard InChI is InChI=1S/C28H25N3O5/c1-34-27(32)24-10-7-11-25(26(24)30-16-5-6-17-30)31-18-23(19-31)36-28(33)29-20-12-14-22(15-13-20)35-21-8-3-2-4-9-21/h2-17,23H,18-19H2,1H3,(H,29,33). The Hall–Kier alpha value is -4.72. The molecular formula is C28H25N3O5. The fourth-order valence-corrected chi connectivity index (χ4v) is 4.06. The number of anilines is 2. The molecule has 182 valence electrons. The highest BCUT2D eigenvalue weighted by molar-refractivity contribution is 5.96. The van der Waals surface area contributed by atoms with E-state index >= 15 is 0 Å². The van der Waals surface area contributed by atoms with Gasteiger partial charge < -0.3 is 23.7 Å². The summed E-state index contributed by atoms with van der Waals surface area (Å²) in [5, 5.41) is 2.75. The lowest BCUT2D eigenvalue weighted by Crippen LogP contribution is -2.53. The van der Waals surface area contributed by atoms with Crippen molar-refractivity contribution in [2.24, 2.45) is 0 Å². The van der Waals surface area contributed by atoms with Crippen LogP contribution in [0.1, 0.15) is 10.4 Å². The Morgan fingerprint density at radius 3 is 2.22 bits per heavy atom. The number of methoxy groups -OCH3 is 1. The number of hydrogen-bond donors (Lipinski definition) is 1. The van der Waals surface area contributed by atoms with E-state index in [9.17, 15) is 9.59 Å². The van der Waals surface area contributed by atoms with Crippen LogP contribution in [0, 0.1) is 0 Å². The Morgan fingerprint density at radius 2 is 1.53 bits per heavy atom. The molecule has 4 aromatic rings. The number of amides is 1. The SMILES string of the molecule is COC(=O)c1cccc(N2CC(OC(=O)Nc3ccc(Oc4ccccc4)cc3)C2)c1-n1cccc1. The molecule has 1 amide bonds. The van der Waals surface area contributed by atoms with Gasteiger partial charge in [-0.2, -0.15) is 0 Å². The first kappa shape index (κ1) is 23.0. The minimum atomic E-state index is -0.523. The number of rotatable bonds is 7. The summed E-state index contributed by atoms with van der Waals surface area (Å²) in [5.74, 6) is 1.00. The Balaban J connectivity index is 1.18. The molecular weight excluding hydrogens is 458 g/mol. The van der Waals surface area contributed by atoms with Crippen molar-refractivity contribution in [1.29, 1.82) is 0 Å². The molecule has 1 aromatic heterocycles. The van der Waals surface area contributed by atoms with Crippen molar-refractivity contribution in [1.82, 2.24) is 4.57 Å². The molecule has 5 rings (SSSR count). The third-order valence-electron chi connectivity index (χ3n) is 5.82. The molecule has 3 aromatic carbocycles. The van der Waals surface area contributed by atoms with Crippen LogP contribution >= 0.6 is 0 Å². The maximum atomic E-state index is 12.4. The van der Waals surface area contributed by atoms with Crippen molar-refractivity contribution < 1.29 is 23.8 Å². The number of esters is 1. The zero-order valence-electron chi connectivity index (χ0n) is 19.7. The molecule has 0 aliphatic carbocycles. The van der Waals surface area contributed by atoms with Crippen LogP contribution in [-0.4, -0.2) is 42.9 Å². The van der Waals surface area contributed by atoms with Crippen molar-refractivity contribution in [3.63, 3.8) is 0 Å². The van der Waals surface area contributed by atoms with Gasteiger partial charge in [0.1, 0.15) is 17.6 Å². The second kappa shape index (κ2) is 10.3.